The van der Waals surface area contributed by atoms with Crippen LogP contribution in [0.3, 0.4) is 0 Å². The van der Waals surface area contributed by atoms with Crippen molar-refractivity contribution in [3.05, 3.63) is 11.1 Å². The Kier molecular flexibility index (Phi) is 5.99. The third-order valence-electron chi connectivity index (χ3n) is 1.82. The lowest BCUT2D eigenvalue weighted by molar-refractivity contribution is -0.0496. The Morgan fingerprint density at radius 3 is 2.53 bits per heavy atom. The smallest absolute Gasteiger partial charge is 0.138 e. The van der Waals surface area contributed by atoms with Gasteiger partial charge in [0.05, 0.1) is 0 Å². The van der Waals surface area contributed by atoms with Gasteiger partial charge in [-0.25, -0.2) is 0 Å². The molecular weight excluding hydrogens is 275 g/mol. The maximum Gasteiger partial charge on any atom is 0.138 e. The molecule has 1 aliphatic heterocycles. The zero-order valence-corrected chi connectivity index (χ0v) is 11.6. The molecule has 0 spiro atoms. The Morgan fingerprint density at radius 2 is 2.07 bits per heavy atom. The van der Waals surface area contributed by atoms with E-state index in [0.29, 0.717) is 5.04 Å². The van der Waals surface area contributed by atoms with Crippen molar-refractivity contribution in [1.82, 2.24) is 15.7 Å². The van der Waals surface area contributed by atoms with Crippen LogP contribution in [-0.4, -0.2) is 28.4 Å². The van der Waals surface area contributed by atoms with Gasteiger partial charge in [0.15, 0.2) is 0 Å². The lowest BCUT2D eigenvalue weighted by atomic mass is 10.6. The SMILES string of the molecule is CCN(CC)N1N=C(SCl)C=C(SCl)N1. The Hall–Kier alpha value is 0.250. The molecule has 0 atom stereocenters. The number of nitrogens with zero attached hydrogens (tertiary/aromatic N) is 3. The summed E-state index contributed by atoms with van der Waals surface area (Å²) < 4.78 is 0. The summed E-state index contributed by atoms with van der Waals surface area (Å²) in [4.78, 5) is 0. The van der Waals surface area contributed by atoms with Crippen molar-refractivity contribution in [2.75, 3.05) is 13.1 Å². The van der Waals surface area contributed by atoms with E-state index in [1.165, 1.54) is 0 Å². The minimum atomic E-state index is 0.713. The van der Waals surface area contributed by atoms with Crippen LogP contribution in [0.25, 0.3) is 0 Å². The van der Waals surface area contributed by atoms with Crippen LogP contribution in [0.4, 0.5) is 0 Å². The molecule has 0 amide bonds. The van der Waals surface area contributed by atoms with Crippen molar-refractivity contribution in [3.63, 3.8) is 0 Å². The number of hydrazine groups is 2. The molecule has 0 aromatic carbocycles. The minimum absolute atomic E-state index is 0.713. The lowest BCUT2D eigenvalue weighted by Gasteiger charge is -2.33. The fourth-order valence-electron chi connectivity index (χ4n) is 1.09. The monoisotopic (exact) mass is 286 g/mol. The molecule has 8 heteroatoms. The first-order valence-corrected chi connectivity index (χ1v) is 7.72. The first-order valence-electron chi connectivity index (χ1n) is 4.44. The van der Waals surface area contributed by atoms with E-state index in [1.807, 2.05) is 5.01 Å². The molecule has 0 saturated heterocycles. The fraction of sp³-hybridized carbons (Fsp3) is 0.571. The van der Waals surface area contributed by atoms with Gasteiger partial charge >= 0.3 is 0 Å². The van der Waals surface area contributed by atoms with Crippen LogP contribution in [-0.2, 0) is 0 Å². The van der Waals surface area contributed by atoms with Crippen molar-refractivity contribution in [1.29, 1.82) is 0 Å². The fourth-order valence-corrected chi connectivity index (χ4v) is 2.17. The molecule has 0 unspecified atom stereocenters. The van der Waals surface area contributed by atoms with Crippen molar-refractivity contribution in [2.24, 2.45) is 5.10 Å². The Bertz CT molecular complexity index is 268. The van der Waals surface area contributed by atoms with Gasteiger partial charge in [-0.2, -0.15) is 5.01 Å². The van der Waals surface area contributed by atoms with E-state index >= 15 is 0 Å². The standard InChI is InChI=1S/C7H12Cl2N4S2/c1-3-12(4-2)13-10-6(14-8)5-7(11-13)15-9/h5,10H,3-4H2,1-2H3. The second-order valence-electron chi connectivity index (χ2n) is 2.64. The van der Waals surface area contributed by atoms with Crippen LogP contribution in [0.2, 0.25) is 0 Å². The van der Waals surface area contributed by atoms with E-state index in [0.717, 1.165) is 40.1 Å². The number of nitrogens with one attached hydrogen (secondary N) is 1. The van der Waals surface area contributed by atoms with Gasteiger partial charge in [-0.15, -0.1) is 10.3 Å². The molecule has 0 aromatic heterocycles. The molecule has 0 saturated carbocycles. The van der Waals surface area contributed by atoms with Crippen LogP contribution in [0.1, 0.15) is 13.8 Å². The quantitative estimate of drug-likeness (QED) is 0.859. The van der Waals surface area contributed by atoms with Gasteiger partial charge in [0, 0.05) is 41.1 Å². The van der Waals surface area contributed by atoms with Gasteiger partial charge in [0.1, 0.15) is 10.1 Å². The molecule has 1 N–H and O–H groups in total. The van der Waals surface area contributed by atoms with E-state index in [4.69, 9.17) is 21.4 Å². The van der Waals surface area contributed by atoms with E-state index in [9.17, 15) is 0 Å². The molecule has 0 aliphatic carbocycles. The van der Waals surface area contributed by atoms with Crippen molar-refractivity contribution >= 4 is 48.4 Å². The summed E-state index contributed by atoms with van der Waals surface area (Å²) in [5.41, 5.74) is 3.06. The number of hydrazone groups is 1. The lowest BCUT2D eigenvalue weighted by Crippen LogP contribution is -2.48. The Labute approximate surface area is 107 Å². The largest absolute Gasteiger partial charge is 0.259 e. The van der Waals surface area contributed by atoms with Crippen molar-refractivity contribution in [3.8, 4) is 0 Å². The number of halogens is 2. The van der Waals surface area contributed by atoms with Gasteiger partial charge in [-0.1, -0.05) is 13.8 Å². The van der Waals surface area contributed by atoms with E-state index in [2.05, 4.69) is 24.4 Å². The van der Waals surface area contributed by atoms with Crippen LogP contribution in [0.5, 0.6) is 0 Å². The first kappa shape index (κ1) is 13.3. The van der Waals surface area contributed by atoms with Gasteiger partial charge in [0.25, 0.3) is 0 Å². The molecule has 0 bridgehead atoms. The summed E-state index contributed by atoms with van der Waals surface area (Å²) in [6, 6.07) is 0. The van der Waals surface area contributed by atoms with Gasteiger partial charge in [-0.05, 0) is 21.4 Å². The van der Waals surface area contributed by atoms with Crippen LogP contribution < -0.4 is 5.43 Å². The second-order valence-corrected chi connectivity index (χ2v) is 4.73. The van der Waals surface area contributed by atoms with Crippen molar-refractivity contribution < 1.29 is 0 Å². The highest BCUT2D eigenvalue weighted by Gasteiger charge is 2.17. The van der Waals surface area contributed by atoms with E-state index < -0.39 is 0 Å². The molecule has 15 heavy (non-hydrogen) atoms. The number of hydrogen-bond donors (Lipinski definition) is 1. The summed E-state index contributed by atoms with van der Waals surface area (Å²) in [5, 5.41) is 9.49. The highest BCUT2D eigenvalue weighted by Crippen LogP contribution is 2.24. The van der Waals surface area contributed by atoms with E-state index in [-0.39, 0.29) is 0 Å². The molecule has 1 rings (SSSR count). The third-order valence-corrected chi connectivity index (χ3v) is 3.52. The normalized spacial score (nSPS) is 16.2. The summed E-state index contributed by atoms with van der Waals surface area (Å²) in [6.07, 6.45) is 1.80. The number of rotatable bonds is 4. The van der Waals surface area contributed by atoms with Gasteiger partial charge in [0.2, 0.25) is 0 Å². The van der Waals surface area contributed by atoms with Gasteiger partial charge in [-0.3, -0.25) is 5.43 Å². The summed E-state index contributed by atoms with van der Waals surface area (Å²) in [6.45, 7) is 5.82. The van der Waals surface area contributed by atoms with Crippen LogP contribution >= 0.6 is 43.3 Å². The molecule has 0 radical (unpaired) electrons. The zero-order chi connectivity index (χ0) is 11.3. The summed E-state index contributed by atoms with van der Waals surface area (Å²) >= 11 is 0. The van der Waals surface area contributed by atoms with E-state index in [1.54, 1.807) is 11.3 Å². The molecule has 0 aromatic rings. The Balaban J connectivity index is 2.77. The third kappa shape index (κ3) is 3.64. The Morgan fingerprint density at radius 1 is 1.40 bits per heavy atom. The van der Waals surface area contributed by atoms with Gasteiger partial charge < -0.3 is 0 Å². The molecule has 1 heterocycles. The average Bonchev–Trinajstić information content (AvgIpc) is 2.30. The topological polar surface area (TPSA) is 30.9 Å². The molecule has 86 valence electrons. The minimum Gasteiger partial charge on any atom is -0.259 e. The molecule has 1 aliphatic rings. The highest BCUT2D eigenvalue weighted by atomic mass is 35.7. The predicted octanol–water partition coefficient (Wildman–Crippen LogP) is 2.99. The highest BCUT2D eigenvalue weighted by molar-refractivity contribution is 8.33. The first-order chi connectivity index (χ1) is 7.24. The number of hydrogen-bond acceptors (Lipinski definition) is 6. The second kappa shape index (κ2) is 6.75. The average molecular weight is 287 g/mol. The maximum absolute atomic E-state index is 5.69. The van der Waals surface area contributed by atoms with Crippen molar-refractivity contribution in [2.45, 2.75) is 13.8 Å². The predicted molar refractivity (Wildman–Crippen MR) is 70.3 cm³/mol. The van der Waals surface area contributed by atoms with Crippen LogP contribution in [0.15, 0.2) is 16.2 Å². The zero-order valence-electron chi connectivity index (χ0n) is 8.41. The van der Waals surface area contributed by atoms with Crippen LogP contribution in [0, 0.1) is 0 Å². The maximum atomic E-state index is 5.69. The molecular formula is C7H12Cl2N4S2. The summed E-state index contributed by atoms with van der Waals surface area (Å²) in [5.74, 6) is 0. The molecule has 0 fully saturated rings. The molecule has 4 nitrogen and oxygen atoms in total. The summed E-state index contributed by atoms with van der Waals surface area (Å²) in [7, 11) is 13.5.